The van der Waals surface area contributed by atoms with E-state index in [2.05, 4.69) is 41.5 Å². The predicted octanol–water partition coefficient (Wildman–Crippen LogP) is 16.1. The second-order valence-corrected chi connectivity index (χ2v) is 25.6. The van der Waals surface area contributed by atoms with Crippen LogP contribution in [0.2, 0.25) is 0 Å². The number of ether oxygens (including phenoxy) is 4. The first kappa shape index (κ1) is 77.1. The second kappa shape index (κ2) is 52.8. The molecule has 0 aliphatic rings. The van der Waals surface area contributed by atoms with E-state index in [0.29, 0.717) is 31.6 Å². The van der Waals surface area contributed by atoms with Crippen LogP contribution in [-0.4, -0.2) is 96.7 Å². The van der Waals surface area contributed by atoms with Gasteiger partial charge in [-0.25, -0.2) is 9.13 Å². The summed E-state index contributed by atoms with van der Waals surface area (Å²) in [6.45, 7) is 9.34. The Kier molecular flexibility index (Phi) is 51.5. The molecular weight excluding hydrogens is 1050 g/mol. The predicted molar refractivity (Wildman–Crippen MR) is 312 cm³/mol. The van der Waals surface area contributed by atoms with Gasteiger partial charge in [0.25, 0.3) is 0 Å². The molecule has 5 atom stereocenters. The maximum absolute atomic E-state index is 12.9. The molecule has 0 aromatic rings. The number of phosphoric ester groups is 2. The summed E-state index contributed by atoms with van der Waals surface area (Å²) in [6, 6.07) is 0. The SMILES string of the molecule is CCCCCCCCCCC(=O)O[C@H](COC(=O)CCCCCCCCC)COP(=O)(O)OC[C@H](O)COP(=O)(O)OC[C@@H](COC(=O)CCCCCCCCCC(C)C)OC(=O)CCCCCCCCCCCCCC(C)C. The zero-order valence-electron chi connectivity index (χ0n) is 50.7. The first-order valence-electron chi connectivity index (χ1n) is 31.5. The number of aliphatic hydroxyl groups is 1. The second-order valence-electron chi connectivity index (χ2n) is 22.7. The monoisotopic (exact) mass is 1170 g/mol. The maximum atomic E-state index is 12.9. The molecule has 79 heavy (non-hydrogen) atoms. The van der Waals surface area contributed by atoms with Gasteiger partial charge in [-0.1, -0.05) is 241 Å². The standard InChI is InChI=1S/C60H116O17P2/c1-7-9-11-13-15-25-32-38-44-59(64)76-55(48-70-57(62)42-36-30-22-14-12-10-8-2)50-74-78(66,67)72-46-54(61)47-73-79(68,69)75-51-56(49-71-58(63)43-37-31-27-21-24-29-35-41-53(5)6)77-60(65)45-39-33-26-20-18-16-17-19-23-28-34-40-52(3)4/h52-56,61H,7-51H2,1-6H3,(H,66,67)(H,68,69)/t54-,55+,56+/m0/s1. The molecule has 0 spiro atoms. The van der Waals surface area contributed by atoms with Gasteiger partial charge in [-0.15, -0.1) is 0 Å². The number of esters is 4. The highest BCUT2D eigenvalue weighted by Gasteiger charge is 2.30. The molecule has 0 heterocycles. The number of carbonyl (C=O) groups excluding carboxylic acids is 4. The Labute approximate surface area is 479 Å². The number of hydrogen-bond donors (Lipinski definition) is 3. The number of carbonyl (C=O) groups is 4. The molecule has 2 unspecified atom stereocenters. The first-order chi connectivity index (χ1) is 37.9. The normalized spacial score (nSPS) is 14.4. The average molecular weight is 1170 g/mol. The minimum absolute atomic E-state index is 0.104. The van der Waals surface area contributed by atoms with Crippen LogP contribution in [0.1, 0.15) is 292 Å². The van der Waals surface area contributed by atoms with Gasteiger partial charge in [-0.3, -0.25) is 37.3 Å². The van der Waals surface area contributed by atoms with Crippen molar-refractivity contribution in [2.45, 2.75) is 310 Å². The Morgan fingerprint density at radius 3 is 0.861 bits per heavy atom. The highest BCUT2D eigenvalue weighted by atomic mass is 31.2. The third-order valence-electron chi connectivity index (χ3n) is 13.7. The van der Waals surface area contributed by atoms with Crippen LogP contribution < -0.4 is 0 Å². The molecule has 3 N–H and O–H groups in total. The minimum Gasteiger partial charge on any atom is -0.462 e. The summed E-state index contributed by atoms with van der Waals surface area (Å²) in [6.07, 6.45) is 33.7. The van der Waals surface area contributed by atoms with E-state index >= 15 is 0 Å². The average Bonchev–Trinajstić information content (AvgIpc) is 3.40. The number of rotatable bonds is 59. The van der Waals surface area contributed by atoms with E-state index in [1.54, 1.807) is 0 Å². The van der Waals surface area contributed by atoms with Gasteiger partial charge < -0.3 is 33.8 Å². The van der Waals surface area contributed by atoms with Crippen molar-refractivity contribution in [1.82, 2.24) is 0 Å². The summed E-state index contributed by atoms with van der Waals surface area (Å²) < 4.78 is 67.7. The fraction of sp³-hybridized carbons (Fsp3) is 0.933. The van der Waals surface area contributed by atoms with Crippen LogP contribution >= 0.6 is 15.6 Å². The van der Waals surface area contributed by atoms with Crippen LogP contribution in [0.25, 0.3) is 0 Å². The van der Waals surface area contributed by atoms with E-state index in [-0.39, 0.29) is 25.7 Å². The third-order valence-corrected chi connectivity index (χ3v) is 15.6. The topological polar surface area (TPSA) is 237 Å². The minimum atomic E-state index is -4.94. The van der Waals surface area contributed by atoms with E-state index < -0.39 is 97.5 Å². The molecule has 17 nitrogen and oxygen atoms in total. The molecule has 0 fully saturated rings. The van der Waals surface area contributed by atoms with Crippen LogP contribution in [0.3, 0.4) is 0 Å². The molecule has 0 saturated carbocycles. The molecule has 0 aromatic carbocycles. The molecule has 0 saturated heterocycles. The van der Waals surface area contributed by atoms with Crippen molar-refractivity contribution in [3.8, 4) is 0 Å². The molecule has 0 aliphatic carbocycles. The zero-order chi connectivity index (χ0) is 58.7. The van der Waals surface area contributed by atoms with E-state index in [9.17, 15) is 43.2 Å². The Morgan fingerprint density at radius 1 is 0.342 bits per heavy atom. The molecule has 0 bridgehead atoms. The van der Waals surface area contributed by atoms with E-state index in [0.717, 1.165) is 121 Å². The number of unbranched alkanes of at least 4 members (excludes halogenated alkanes) is 29. The third kappa shape index (κ3) is 55.0. The van der Waals surface area contributed by atoms with Crippen LogP contribution in [0.5, 0.6) is 0 Å². The highest BCUT2D eigenvalue weighted by molar-refractivity contribution is 7.47. The Balaban J connectivity index is 5.20. The first-order valence-corrected chi connectivity index (χ1v) is 34.5. The Hall–Kier alpha value is -1.94. The summed E-state index contributed by atoms with van der Waals surface area (Å²) in [5.41, 5.74) is 0. The van der Waals surface area contributed by atoms with E-state index in [1.807, 2.05) is 0 Å². The van der Waals surface area contributed by atoms with Gasteiger partial charge in [0.15, 0.2) is 12.2 Å². The van der Waals surface area contributed by atoms with Crippen LogP contribution in [0, 0.1) is 11.8 Å². The van der Waals surface area contributed by atoms with Crippen LogP contribution in [0.4, 0.5) is 0 Å². The van der Waals surface area contributed by atoms with Crippen molar-refractivity contribution in [1.29, 1.82) is 0 Å². The van der Waals surface area contributed by atoms with Crippen molar-refractivity contribution in [3.05, 3.63) is 0 Å². The lowest BCUT2D eigenvalue weighted by atomic mass is 10.0. The maximum Gasteiger partial charge on any atom is 0.472 e. The molecule has 0 aliphatic heterocycles. The van der Waals surface area contributed by atoms with Gasteiger partial charge in [0.1, 0.15) is 19.3 Å². The Bertz CT molecular complexity index is 1560. The lowest BCUT2D eigenvalue weighted by Gasteiger charge is -2.21. The molecular formula is C60H116O17P2. The highest BCUT2D eigenvalue weighted by Crippen LogP contribution is 2.45. The fourth-order valence-corrected chi connectivity index (χ4v) is 10.4. The summed E-state index contributed by atoms with van der Waals surface area (Å²) in [7, 11) is -9.87. The quantitative estimate of drug-likeness (QED) is 0.0222. The van der Waals surface area contributed by atoms with Crippen molar-refractivity contribution in [3.63, 3.8) is 0 Å². The van der Waals surface area contributed by atoms with Crippen molar-refractivity contribution >= 4 is 39.5 Å². The van der Waals surface area contributed by atoms with Crippen molar-refractivity contribution in [2.75, 3.05) is 39.6 Å². The molecule has 0 radical (unpaired) electrons. The molecule has 19 heteroatoms. The Morgan fingerprint density at radius 2 is 0.582 bits per heavy atom. The largest absolute Gasteiger partial charge is 0.472 e. The van der Waals surface area contributed by atoms with Gasteiger partial charge >= 0.3 is 39.5 Å². The molecule has 468 valence electrons. The number of phosphoric acid groups is 2. The van der Waals surface area contributed by atoms with Gasteiger partial charge in [-0.2, -0.15) is 0 Å². The van der Waals surface area contributed by atoms with Crippen LogP contribution in [-0.2, 0) is 65.4 Å². The van der Waals surface area contributed by atoms with Gasteiger partial charge in [0, 0.05) is 25.7 Å². The summed E-state index contributed by atoms with van der Waals surface area (Å²) in [5, 5.41) is 10.5. The lowest BCUT2D eigenvalue weighted by Crippen LogP contribution is -2.30. The summed E-state index contributed by atoms with van der Waals surface area (Å²) >= 11 is 0. The smallest absolute Gasteiger partial charge is 0.462 e. The van der Waals surface area contributed by atoms with Crippen molar-refractivity contribution < 1.29 is 80.2 Å². The summed E-state index contributed by atoms with van der Waals surface area (Å²) in [4.78, 5) is 71.8. The number of hydrogen-bond acceptors (Lipinski definition) is 15. The van der Waals surface area contributed by atoms with Gasteiger partial charge in [0.05, 0.1) is 26.4 Å². The van der Waals surface area contributed by atoms with Crippen molar-refractivity contribution in [2.24, 2.45) is 11.8 Å². The van der Waals surface area contributed by atoms with E-state index in [1.165, 1.54) is 83.5 Å². The summed E-state index contributed by atoms with van der Waals surface area (Å²) in [5.74, 6) is -0.677. The molecule has 0 rings (SSSR count). The molecule has 0 amide bonds. The van der Waals surface area contributed by atoms with Crippen LogP contribution in [0.15, 0.2) is 0 Å². The van der Waals surface area contributed by atoms with Gasteiger partial charge in [0.2, 0.25) is 0 Å². The lowest BCUT2D eigenvalue weighted by molar-refractivity contribution is -0.161. The zero-order valence-corrected chi connectivity index (χ0v) is 52.4. The molecule has 0 aromatic heterocycles. The fourth-order valence-electron chi connectivity index (χ4n) is 8.82. The van der Waals surface area contributed by atoms with E-state index in [4.69, 9.17) is 37.0 Å². The van der Waals surface area contributed by atoms with Gasteiger partial charge in [-0.05, 0) is 37.5 Å². The number of aliphatic hydroxyl groups excluding tert-OH is 1.